The van der Waals surface area contributed by atoms with Gasteiger partial charge in [-0.3, -0.25) is 0 Å². The molecule has 2 aromatic heterocycles. The topological polar surface area (TPSA) is 67.2 Å². The van der Waals surface area contributed by atoms with E-state index < -0.39 is 0 Å². The van der Waals surface area contributed by atoms with Crippen LogP contribution in [0.2, 0.25) is 0 Å². The fraction of sp³-hybridized carbons (Fsp3) is 0.556. The Labute approximate surface area is 202 Å². The average molecular weight is 461 g/mol. The van der Waals surface area contributed by atoms with Crippen LogP contribution in [-0.2, 0) is 4.79 Å². The zero-order valence-electron chi connectivity index (χ0n) is 20.9. The highest BCUT2D eigenvalue weighted by Crippen LogP contribution is 2.34. The van der Waals surface area contributed by atoms with Gasteiger partial charge in [-0.1, -0.05) is 23.8 Å². The van der Waals surface area contributed by atoms with Crippen LogP contribution in [0.15, 0.2) is 24.4 Å². The Bertz CT molecular complexity index is 1180. The van der Waals surface area contributed by atoms with Crippen LogP contribution in [-0.4, -0.2) is 63.7 Å². The first-order chi connectivity index (χ1) is 16.4. The number of benzene rings is 1. The number of aryl methyl sites for hydroxylation is 3. The Balaban J connectivity index is 1.32. The van der Waals surface area contributed by atoms with Gasteiger partial charge in [-0.25, -0.2) is 14.6 Å². The lowest BCUT2D eigenvalue weighted by molar-refractivity contribution is -0.108. The van der Waals surface area contributed by atoms with Crippen molar-refractivity contribution in [1.82, 2.24) is 24.6 Å². The lowest BCUT2D eigenvalue weighted by Crippen LogP contribution is -2.54. The smallest absolute Gasteiger partial charge is 0.179 e. The van der Waals surface area contributed by atoms with Gasteiger partial charge < -0.3 is 14.6 Å². The van der Waals surface area contributed by atoms with E-state index in [0.29, 0.717) is 18.3 Å². The molecule has 0 radical (unpaired) electrons. The van der Waals surface area contributed by atoms with E-state index in [2.05, 4.69) is 48.8 Å². The van der Waals surface area contributed by atoms with Gasteiger partial charge in [-0.2, -0.15) is 5.10 Å². The maximum Gasteiger partial charge on any atom is 0.179 e. The zero-order valence-corrected chi connectivity index (χ0v) is 20.9. The van der Waals surface area contributed by atoms with E-state index in [1.165, 1.54) is 29.5 Å². The van der Waals surface area contributed by atoms with Crippen LogP contribution in [0.4, 0.5) is 5.82 Å². The lowest BCUT2D eigenvalue weighted by Gasteiger charge is -2.47. The van der Waals surface area contributed by atoms with E-state index >= 15 is 0 Å². The summed E-state index contributed by atoms with van der Waals surface area (Å²) in [5, 5.41) is 4.84. The summed E-state index contributed by atoms with van der Waals surface area (Å²) in [5.74, 6) is 2.36. The zero-order chi connectivity index (χ0) is 23.8. The molecule has 7 nitrogen and oxygen atoms in total. The minimum absolute atomic E-state index is 0.0880. The minimum Gasteiger partial charge on any atom is -0.355 e. The van der Waals surface area contributed by atoms with Gasteiger partial charge in [-0.15, -0.1) is 0 Å². The quantitative estimate of drug-likeness (QED) is 0.495. The van der Waals surface area contributed by atoms with Crippen LogP contribution in [0.5, 0.6) is 0 Å². The molecule has 2 atom stereocenters. The van der Waals surface area contributed by atoms with Crippen molar-refractivity contribution >= 4 is 23.3 Å². The van der Waals surface area contributed by atoms with Gasteiger partial charge in [0.25, 0.3) is 0 Å². The highest BCUT2D eigenvalue weighted by atomic mass is 16.1. The molecule has 2 saturated heterocycles. The van der Waals surface area contributed by atoms with Crippen LogP contribution >= 0.6 is 0 Å². The first-order valence-electron chi connectivity index (χ1n) is 12.6. The third-order valence-electron chi connectivity index (χ3n) is 7.81. The van der Waals surface area contributed by atoms with Crippen molar-refractivity contribution in [2.75, 3.05) is 37.6 Å². The maximum atomic E-state index is 10.7. The van der Waals surface area contributed by atoms with E-state index in [4.69, 9.17) is 15.1 Å². The number of fused-ring (bicyclic) bond motifs is 1. The summed E-state index contributed by atoms with van der Waals surface area (Å²) in [5.41, 5.74) is 6.49. The summed E-state index contributed by atoms with van der Waals surface area (Å²) in [7, 11) is 0. The van der Waals surface area contributed by atoms with E-state index in [1.807, 2.05) is 17.8 Å². The Morgan fingerprint density at radius 1 is 1.15 bits per heavy atom. The van der Waals surface area contributed by atoms with Crippen LogP contribution in [0.1, 0.15) is 54.6 Å². The number of likely N-dealkylation sites (tertiary alicyclic amines) is 1. The molecule has 180 valence electrons. The molecule has 0 saturated carbocycles. The number of nitrogens with zero attached hydrogens (tertiary/aromatic N) is 6. The van der Waals surface area contributed by atoms with Gasteiger partial charge in [0.05, 0.1) is 17.9 Å². The molecule has 0 spiro atoms. The fourth-order valence-corrected chi connectivity index (χ4v) is 5.80. The maximum absolute atomic E-state index is 10.7. The fourth-order valence-electron chi connectivity index (χ4n) is 5.80. The highest BCUT2D eigenvalue weighted by molar-refractivity contribution is 5.75. The molecule has 7 heteroatoms. The monoisotopic (exact) mass is 460 g/mol. The second kappa shape index (κ2) is 9.45. The van der Waals surface area contributed by atoms with Crippen molar-refractivity contribution < 1.29 is 4.79 Å². The van der Waals surface area contributed by atoms with E-state index in [0.717, 1.165) is 61.7 Å². The van der Waals surface area contributed by atoms with Gasteiger partial charge in [0.1, 0.15) is 17.6 Å². The second-order valence-electron chi connectivity index (χ2n) is 10.3. The van der Waals surface area contributed by atoms with Gasteiger partial charge in [0.2, 0.25) is 0 Å². The van der Waals surface area contributed by atoms with Crippen molar-refractivity contribution in [2.24, 2.45) is 11.8 Å². The highest BCUT2D eigenvalue weighted by Gasteiger charge is 2.36. The van der Waals surface area contributed by atoms with Crippen molar-refractivity contribution in [3.05, 3.63) is 46.8 Å². The molecule has 34 heavy (non-hydrogen) atoms. The predicted octanol–water partition coefficient (Wildman–Crippen LogP) is 4.10. The first-order valence-corrected chi connectivity index (χ1v) is 12.6. The molecule has 2 unspecified atom stereocenters. The van der Waals surface area contributed by atoms with Crippen molar-refractivity contribution in [3.63, 3.8) is 0 Å². The first kappa shape index (κ1) is 23.0. The van der Waals surface area contributed by atoms with Gasteiger partial charge in [0.15, 0.2) is 5.65 Å². The van der Waals surface area contributed by atoms with Crippen LogP contribution < -0.4 is 4.90 Å². The molecule has 0 aliphatic carbocycles. The number of piperidine rings is 1. The molecule has 5 rings (SSSR count). The Morgan fingerprint density at radius 3 is 2.74 bits per heavy atom. The number of hydrogen-bond acceptors (Lipinski definition) is 6. The van der Waals surface area contributed by atoms with Crippen molar-refractivity contribution in [2.45, 2.75) is 53.0 Å². The molecule has 0 amide bonds. The molecule has 0 bridgehead atoms. The number of aromatic nitrogens is 4. The minimum atomic E-state index is 0.0880. The lowest BCUT2D eigenvalue weighted by atomic mass is 9.80. The summed E-state index contributed by atoms with van der Waals surface area (Å²) in [4.78, 5) is 25.4. The number of hydrogen-bond donors (Lipinski definition) is 0. The van der Waals surface area contributed by atoms with Gasteiger partial charge in [0, 0.05) is 32.6 Å². The molecule has 2 fully saturated rings. The molecule has 2 aliphatic rings. The molecular weight excluding hydrogens is 424 g/mol. The van der Waals surface area contributed by atoms with Gasteiger partial charge >= 0.3 is 0 Å². The molecule has 0 N–H and O–H groups in total. The number of anilines is 1. The molecule has 3 aromatic rings. The summed E-state index contributed by atoms with van der Waals surface area (Å²) < 4.78 is 2.04. The Morgan fingerprint density at radius 2 is 1.97 bits per heavy atom. The SMILES string of the molecule is Cc1ccc(C(C)n2nc(C)c3ncc(N4CC(C5CCCN(CCC=O)C5)C4)nc32)c(C)c1. The Hall–Kier alpha value is -2.80. The molecule has 1 aromatic carbocycles. The van der Waals surface area contributed by atoms with Crippen LogP contribution in [0.3, 0.4) is 0 Å². The molecular formula is C27H36N6O. The summed E-state index contributed by atoms with van der Waals surface area (Å²) in [6.07, 6.45) is 6.13. The van der Waals surface area contributed by atoms with Crippen molar-refractivity contribution in [3.8, 4) is 0 Å². The number of aldehydes is 1. The number of carbonyl (C=O) groups excluding carboxylic acids is 1. The van der Waals surface area contributed by atoms with Gasteiger partial charge in [-0.05, 0) is 70.0 Å². The summed E-state index contributed by atoms with van der Waals surface area (Å²) in [6, 6.07) is 6.69. The third-order valence-corrected chi connectivity index (χ3v) is 7.81. The Kier molecular flexibility index (Phi) is 6.38. The summed E-state index contributed by atoms with van der Waals surface area (Å²) >= 11 is 0. The average Bonchev–Trinajstić information content (AvgIpc) is 3.12. The molecule has 4 heterocycles. The van der Waals surface area contributed by atoms with E-state index in [1.54, 1.807) is 0 Å². The molecule has 2 aliphatic heterocycles. The number of carbonyl (C=O) groups is 1. The van der Waals surface area contributed by atoms with Crippen LogP contribution in [0, 0.1) is 32.6 Å². The normalized spacial score (nSPS) is 20.5. The van der Waals surface area contributed by atoms with Crippen molar-refractivity contribution in [1.29, 1.82) is 0 Å². The largest absolute Gasteiger partial charge is 0.355 e. The van der Waals surface area contributed by atoms with Crippen LogP contribution in [0.25, 0.3) is 11.2 Å². The van der Waals surface area contributed by atoms with E-state index in [9.17, 15) is 4.79 Å². The predicted molar refractivity (Wildman–Crippen MR) is 135 cm³/mol. The third kappa shape index (κ3) is 4.33. The standard InChI is InChI=1S/C27H36N6O/c1-18-8-9-24(19(2)13-18)21(4)33-27-26(20(3)30-33)28-14-25(29-27)32-16-23(17-32)22-7-5-10-31(15-22)11-6-12-34/h8-9,12-14,21-23H,5-7,10-11,15-17H2,1-4H3. The van der Waals surface area contributed by atoms with E-state index in [-0.39, 0.29) is 6.04 Å². The summed E-state index contributed by atoms with van der Waals surface area (Å²) in [6.45, 7) is 13.7. The number of rotatable bonds is 7. The second-order valence-corrected chi connectivity index (χ2v) is 10.3.